The molecule has 0 bridgehead atoms. The summed E-state index contributed by atoms with van der Waals surface area (Å²) in [6.45, 7) is 9.90. The zero-order valence-corrected chi connectivity index (χ0v) is 22.8. The Balaban J connectivity index is 1.95. The quantitative estimate of drug-likeness (QED) is 0.509. The maximum Gasteiger partial charge on any atom is 0.338 e. The number of likely N-dealkylation sites (N-methyl/N-ethyl adjacent to an activating group) is 1. The molecule has 0 aliphatic carbocycles. The average Bonchev–Trinajstić information content (AvgIpc) is 2.85. The van der Waals surface area contributed by atoms with E-state index >= 15 is 0 Å². The second kappa shape index (κ2) is 12.2. The Morgan fingerprint density at radius 3 is 2.46 bits per heavy atom. The smallest absolute Gasteiger partial charge is 0.338 e. The van der Waals surface area contributed by atoms with Crippen molar-refractivity contribution in [3.8, 4) is 11.5 Å². The van der Waals surface area contributed by atoms with Crippen molar-refractivity contribution in [2.45, 2.75) is 45.8 Å². The summed E-state index contributed by atoms with van der Waals surface area (Å²) in [5.41, 5.74) is 1.60. The molecule has 2 N–H and O–H groups in total. The monoisotopic (exact) mass is 517 g/mol. The van der Waals surface area contributed by atoms with Gasteiger partial charge in [0.15, 0.2) is 11.5 Å². The number of ether oxygens (including phenoxy) is 3. The first-order chi connectivity index (χ1) is 17.6. The highest BCUT2D eigenvalue weighted by Gasteiger charge is 2.38. The molecule has 2 heterocycles. The number of amides is 4. The lowest BCUT2D eigenvalue weighted by Crippen LogP contribution is -2.58. The summed E-state index contributed by atoms with van der Waals surface area (Å²) >= 11 is 0. The molecule has 37 heavy (non-hydrogen) atoms. The molecule has 1 saturated heterocycles. The molecule has 2 aliphatic rings. The highest BCUT2D eigenvalue weighted by Crippen LogP contribution is 2.36. The predicted molar refractivity (Wildman–Crippen MR) is 139 cm³/mol. The highest BCUT2D eigenvalue weighted by atomic mass is 16.5. The van der Waals surface area contributed by atoms with Gasteiger partial charge >= 0.3 is 18.0 Å². The first kappa shape index (κ1) is 28.1. The summed E-state index contributed by atoms with van der Waals surface area (Å²) in [5.74, 6) is 0.537. The van der Waals surface area contributed by atoms with Crippen molar-refractivity contribution in [3.63, 3.8) is 0 Å². The molecule has 0 aromatic heterocycles. The molecular weight excluding hydrogens is 478 g/mol. The minimum Gasteiger partial charge on any atom is -0.493 e. The van der Waals surface area contributed by atoms with Crippen LogP contribution in [-0.4, -0.2) is 98.9 Å². The fraction of sp³-hybridized carbons (Fsp3) is 0.577. The molecule has 2 atom stereocenters. The topological polar surface area (TPSA) is 113 Å². The average molecular weight is 518 g/mol. The van der Waals surface area contributed by atoms with Crippen molar-refractivity contribution < 1.29 is 28.6 Å². The molecule has 0 saturated carbocycles. The minimum atomic E-state index is -0.729. The van der Waals surface area contributed by atoms with Crippen LogP contribution < -0.4 is 20.1 Å². The van der Waals surface area contributed by atoms with Gasteiger partial charge in [-0.05, 0) is 45.4 Å². The lowest BCUT2D eigenvalue weighted by Gasteiger charge is -2.42. The Kier molecular flexibility index (Phi) is 9.25. The summed E-state index contributed by atoms with van der Waals surface area (Å²) in [7, 11) is 4.72. The van der Waals surface area contributed by atoms with E-state index < -0.39 is 12.0 Å². The van der Waals surface area contributed by atoms with Gasteiger partial charge in [-0.3, -0.25) is 9.80 Å². The molecule has 0 unspecified atom stereocenters. The molecule has 204 valence electrons. The van der Waals surface area contributed by atoms with E-state index in [1.165, 1.54) is 12.0 Å². The van der Waals surface area contributed by atoms with Gasteiger partial charge in [0.1, 0.15) is 0 Å². The van der Waals surface area contributed by atoms with Crippen LogP contribution in [0.2, 0.25) is 0 Å². The van der Waals surface area contributed by atoms with Crippen LogP contribution >= 0.6 is 0 Å². The first-order valence-electron chi connectivity index (χ1n) is 12.6. The summed E-state index contributed by atoms with van der Waals surface area (Å²) in [4.78, 5) is 44.3. The van der Waals surface area contributed by atoms with E-state index in [9.17, 15) is 14.4 Å². The number of benzene rings is 1. The maximum absolute atomic E-state index is 13.3. The van der Waals surface area contributed by atoms with Crippen LogP contribution in [0.3, 0.4) is 0 Å². The number of carbonyl (C=O) groups is 3. The van der Waals surface area contributed by atoms with E-state index in [0.717, 1.165) is 0 Å². The zero-order chi connectivity index (χ0) is 27.3. The van der Waals surface area contributed by atoms with Crippen LogP contribution in [0.5, 0.6) is 11.5 Å². The molecule has 4 amide bonds. The number of hydrogen-bond acceptors (Lipinski definition) is 7. The van der Waals surface area contributed by atoms with Crippen LogP contribution in [0.4, 0.5) is 9.59 Å². The van der Waals surface area contributed by atoms with Gasteiger partial charge in [-0.25, -0.2) is 14.4 Å². The number of hydrogen-bond donors (Lipinski definition) is 2. The number of nitrogens with zero attached hydrogens (tertiary/aromatic N) is 3. The minimum absolute atomic E-state index is 0.0384. The van der Waals surface area contributed by atoms with E-state index in [-0.39, 0.29) is 30.8 Å². The molecule has 3 rings (SSSR count). The second-order valence-electron chi connectivity index (χ2n) is 9.52. The van der Waals surface area contributed by atoms with E-state index in [4.69, 9.17) is 14.2 Å². The SMILES string of the molecule is CCOC(=O)C1=C(CN2CCN(C(=O)NC(C)C)[C@H](C)C2)N(C)C(=O)N[C@@H]1c1ccc(OC)c(OC)c1. The summed E-state index contributed by atoms with van der Waals surface area (Å²) in [5, 5.41) is 5.88. The molecular formula is C26H39N5O6. The maximum atomic E-state index is 13.3. The standard InChI is InChI=1S/C26H39N5O6/c1-8-37-24(32)22-19(15-30-11-12-31(17(4)14-30)26(34)27-16(2)3)29(5)25(33)28-23(22)18-9-10-20(35-6)21(13-18)36-7/h9-10,13,16-17,23H,8,11-12,14-15H2,1-7H3,(H,27,34)(H,28,33)/t17-,23-/m1/s1. The Bertz CT molecular complexity index is 1040. The number of carbonyl (C=O) groups excluding carboxylic acids is 3. The Hall–Kier alpha value is -3.47. The van der Waals surface area contributed by atoms with Gasteiger partial charge in [0.05, 0.1) is 32.4 Å². The number of nitrogens with one attached hydrogen (secondary N) is 2. The molecule has 1 aromatic rings. The third-order valence-corrected chi connectivity index (χ3v) is 6.57. The van der Waals surface area contributed by atoms with Gasteiger partial charge < -0.3 is 29.7 Å². The van der Waals surface area contributed by atoms with Crippen LogP contribution in [-0.2, 0) is 9.53 Å². The van der Waals surface area contributed by atoms with E-state index in [1.807, 2.05) is 25.7 Å². The molecule has 1 fully saturated rings. The van der Waals surface area contributed by atoms with Gasteiger partial charge in [0.2, 0.25) is 0 Å². The summed E-state index contributed by atoms with van der Waals surface area (Å²) in [6.07, 6.45) is 0. The highest BCUT2D eigenvalue weighted by molar-refractivity contribution is 5.95. The van der Waals surface area contributed by atoms with Crippen LogP contribution in [0.15, 0.2) is 29.5 Å². The number of methoxy groups -OCH3 is 2. The van der Waals surface area contributed by atoms with Crippen molar-refractivity contribution in [1.82, 2.24) is 25.3 Å². The fourth-order valence-corrected chi connectivity index (χ4v) is 4.70. The van der Waals surface area contributed by atoms with Gasteiger partial charge in [-0.1, -0.05) is 6.07 Å². The molecule has 11 heteroatoms. The normalized spacial score (nSPS) is 20.6. The fourth-order valence-electron chi connectivity index (χ4n) is 4.70. The molecule has 11 nitrogen and oxygen atoms in total. The van der Waals surface area contributed by atoms with Gasteiger partial charge in [-0.15, -0.1) is 0 Å². The van der Waals surface area contributed by atoms with Crippen molar-refractivity contribution in [2.24, 2.45) is 0 Å². The molecule has 2 aliphatic heterocycles. The molecule has 1 aromatic carbocycles. The number of piperazine rings is 1. The zero-order valence-electron chi connectivity index (χ0n) is 22.8. The third-order valence-electron chi connectivity index (χ3n) is 6.57. The predicted octanol–water partition coefficient (Wildman–Crippen LogP) is 2.34. The molecule has 0 radical (unpaired) electrons. The molecule has 0 spiro atoms. The number of rotatable bonds is 8. The lowest BCUT2D eigenvalue weighted by molar-refractivity contribution is -0.139. The van der Waals surface area contributed by atoms with Crippen LogP contribution in [0, 0.1) is 0 Å². The second-order valence-corrected chi connectivity index (χ2v) is 9.52. The third kappa shape index (κ3) is 6.27. The number of esters is 1. The Morgan fingerprint density at radius 2 is 1.86 bits per heavy atom. The Labute approximate surface area is 218 Å². The van der Waals surface area contributed by atoms with Gasteiger partial charge in [0.25, 0.3) is 0 Å². The van der Waals surface area contributed by atoms with Gasteiger partial charge in [-0.2, -0.15) is 0 Å². The van der Waals surface area contributed by atoms with E-state index in [2.05, 4.69) is 15.5 Å². The largest absolute Gasteiger partial charge is 0.493 e. The van der Waals surface area contributed by atoms with Crippen LogP contribution in [0.1, 0.15) is 39.3 Å². The summed E-state index contributed by atoms with van der Waals surface area (Å²) < 4.78 is 16.2. The number of urea groups is 2. The van der Waals surface area contributed by atoms with E-state index in [0.29, 0.717) is 54.5 Å². The van der Waals surface area contributed by atoms with Crippen molar-refractivity contribution in [2.75, 3.05) is 54.1 Å². The van der Waals surface area contributed by atoms with Crippen molar-refractivity contribution in [1.29, 1.82) is 0 Å². The van der Waals surface area contributed by atoms with Crippen molar-refractivity contribution in [3.05, 3.63) is 35.0 Å². The summed E-state index contributed by atoms with van der Waals surface area (Å²) in [6, 6.07) is 4.16. The van der Waals surface area contributed by atoms with E-state index in [1.54, 1.807) is 39.3 Å². The first-order valence-corrected chi connectivity index (χ1v) is 12.6. The Morgan fingerprint density at radius 1 is 1.16 bits per heavy atom. The van der Waals surface area contributed by atoms with Crippen LogP contribution in [0.25, 0.3) is 0 Å². The van der Waals surface area contributed by atoms with Gasteiger partial charge in [0, 0.05) is 51.0 Å². The lowest BCUT2D eigenvalue weighted by atomic mass is 9.93. The van der Waals surface area contributed by atoms with Crippen molar-refractivity contribution >= 4 is 18.0 Å².